The summed E-state index contributed by atoms with van der Waals surface area (Å²) >= 11 is 0. The Morgan fingerprint density at radius 2 is 1.64 bits per heavy atom. The standard InChI is InChI=1S/C14H24N2O5S/c1-22(20,21)16-8-5-11(6-9-16)12-4-7-15(10-12)13(17)2-3-14(18)19/h11-12H,2-10H2,1H3,(H,18,19). The van der Waals surface area contributed by atoms with Crippen molar-refractivity contribution >= 4 is 21.9 Å². The zero-order valence-electron chi connectivity index (χ0n) is 12.9. The molecule has 1 atom stereocenters. The van der Waals surface area contributed by atoms with Gasteiger partial charge in [0.15, 0.2) is 0 Å². The van der Waals surface area contributed by atoms with Crippen molar-refractivity contribution in [2.45, 2.75) is 32.1 Å². The zero-order valence-corrected chi connectivity index (χ0v) is 13.7. The van der Waals surface area contributed by atoms with Crippen molar-refractivity contribution in [3.8, 4) is 0 Å². The molecule has 1 amide bonds. The van der Waals surface area contributed by atoms with Gasteiger partial charge in [-0.25, -0.2) is 12.7 Å². The van der Waals surface area contributed by atoms with Crippen molar-refractivity contribution in [1.29, 1.82) is 0 Å². The predicted octanol–water partition coefficient (Wildman–Crippen LogP) is 0.371. The van der Waals surface area contributed by atoms with Gasteiger partial charge in [-0.15, -0.1) is 0 Å². The van der Waals surface area contributed by atoms with E-state index in [0.29, 0.717) is 38.0 Å². The summed E-state index contributed by atoms with van der Waals surface area (Å²) in [6.45, 7) is 2.50. The van der Waals surface area contributed by atoms with E-state index in [4.69, 9.17) is 5.11 Å². The van der Waals surface area contributed by atoms with Crippen LogP contribution in [-0.4, -0.2) is 67.0 Å². The number of hydrogen-bond acceptors (Lipinski definition) is 4. The first-order valence-corrected chi connectivity index (χ1v) is 9.57. The Bertz CT molecular complexity index is 525. The fraction of sp³-hybridized carbons (Fsp3) is 0.857. The molecule has 2 heterocycles. The molecule has 0 bridgehead atoms. The van der Waals surface area contributed by atoms with Crippen molar-refractivity contribution in [2.24, 2.45) is 11.8 Å². The van der Waals surface area contributed by atoms with Crippen molar-refractivity contribution in [3.05, 3.63) is 0 Å². The van der Waals surface area contributed by atoms with Gasteiger partial charge in [0.1, 0.15) is 0 Å². The Morgan fingerprint density at radius 3 is 2.18 bits per heavy atom. The highest BCUT2D eigenvalue weighted by molar-refractivity contribution is 7.88. The molecule has 2 rings (SSSR count). The number of rotatable bonds is 5. The quantitative estimate of drug-likeness (QED) is 0.785. The van der Waals surface area contributed by atoms with E-state index in [-0.39, 0.29) is 18.7 Å². The number of carbonyl (C=O) groups is 2. The van der Waals surface area contributed by atoms with Gasteiger partial charge in [-0.2, -0.15) is 0 Å². The van der Waals surface area contributed by atoms with E-state index in [1.54, 1.807) is 4.90 Å². The molecule has 2 aliphatic heterocycles. The number of nitrogens with zero attached hydrogens (tertiary/aromatic N) is 2. The summed E-state index contributed by atoms with van der Waals surface area (Å²) in [7, 11) is -3.10. The van der Waals surface area contributed by atoms with Crippen molar-refractivity contribution < 1.29 is 23.1 Å². The normalized spacial score (nSPS) is 24.6. The fourth-order valence-corrected chi connectivity index (χ4v) is 4.32. The maximum absolute atomic E-state index is 11.9. The lowest BCUT2D eigenvalue weighted by atomic mass is 9.84. The lowest BCUT2D eigenvalue weighted by Crippen LogP contribution is -2.40. The van der Waals surface area contributed by atoms with Crippen LogP contribution in [0.5, 0.6) is 0 Å². The van der Waals surface area contributed by atoms with E-state index in [2.05, 4.69) is 0 Å². The minimum Gasteiger partial charge on any atom is -0.481 e. The molecule has 0 saturated carbocycles. The SMILES string of the molecule is CS(=O)(=O)N1CCC(C2CCN(C(=O)CCC(=O)O)C2)CC1. The zero-order chi connectivity index (χ0) is 16.3. The molecule has 0 aromatic heterocycles. The molecule has 0 aliphatic carbocycles. The second-order valence-corrected chi connectivity index (χ2v) is 8.26. The molecule has 8 heteroatoms. The first kappa shape index (κ1) is 17.2. The minimum atomic E-state index is -3.10. The van der Waals surface area contributed by atoms with E-state index in [9.17, 15) is 18.0 Å². The number of piperidine rings is 1. The Labute approximate surface area is 131 Å². The molecule has 2 fully saturated rings. The Morgan fingerprint density at radius 1 is 1.05 bits per heavy atom. The lowest BCUT2D eigenvalue weighted by Gasteiger charge is -2.33. The van der Waals surface area contributed by atoms with Gasteiger partial charge in [-0.3, -0.25) is 9.59 Å². The molecule has 0 aromatic rings. The van der Waals surface area contributed by atoms with Crippen LogP contribution in [0.4, 0.5) is 0 Å². The topological polar surface area (TPSA) is 95.0 Å². The van der Waals surface area contributed by atoms with E-state index in [1.165, 1.54) is 10.6 Å². The van der Waals surface area contributed by atoms with Crippen LogP contribution in [0, 0.1) is 11.8 Å². The maximum atomic E-state index is 11.9. The van der Waals surface area contributed by atoms with Gasteiger partial charge in [0, 0.05) is 32.6 Å². The molecule has 1 N–H and O–H groups in total. The average Bonchev–Trinajstić information content (AvgIpc) is 2.93. The summed E-state index contributed by atoms with van der Waals surface area (Å²) in [6.07, 6.45) is 3.80. The Hall–Kier alpha value is -1.15. The number of carbonyl (C=O) groups excluding carboxylic acids is 1. The number of carboxylic acids is 1. The summed E-state index contributed by atoms with van der Waals surface area (Å²) in [5, 5.41) is 8.63. The highest BCUT2D eigenvalue weighted by Crippen LogP contribution is 2.32. The summed E-state index contributed by atoms with van der Waals surface area (Å²) < 4.78 is 24.5. The molecule has 0 spiro atoms. The van der Waals surface area contributed by atoms with Gasteiger partial charge < -0.3 is 10.0 Å². The summed E-state index contributed by atoms with van der Waals surface area (Å²) in [6, 6.07) is 0. The molecular formula is C14H24N2O5S. The number of carboxylic acid groups (broad SMARTS) is 1. The van der Waals surface area contributed by atoms with Gasteiger partial charge in [-0.05, 0) is 31.1 Å². The van der Waals surface area contributed by atoms with Crippen LogP contribution >= 0.6 is 0 Å². The number of aliphatic carboxylic acids is 1. The van der Waals surface area contributed by atoms with E-state index in [0.717, 1.165) is 19.3 Å². The van der Waals surface area contributed by atoms with Gasteiger partial charge in [-0.1, -0.05) is 0 Å². The van der Waals surface area contributed by atoms with Crippen molar-refractivity contribution in [2.75, 3.05) is 32.4 Å². The molecule has 2 saturated heterocycles. The van der Waals surface area contributed by atoms with Crippen LogP contribution in [0.1, 0.15) is 32.1 Å². The predicted molar refractivity (Wildman–Crippen MR) is 80.7 cm³/mol. The molecule has 2 aliphatic rings. The first-order valence-electron chi connectivity index (χ1n) is 7.72. The smallest absolute Gasteiger partial charge is 0.303 e. The largest absolute Gasteiger partial charge is 0.481 e. The van der Waals surface area contributed by atoms with E-state index in [1.807, 2.05) is 0 Å². The van der Waals surface area contributed by atoms with Crippen LogP contribution < -0.4 is 0 Å². The number of sulfonamides is 1. The summed E-state index contributed by atoms with van der Waals surface area (Å²) in [5.74, 6) is -0.165. The Kier molecular flexibility index (Phi) is 5.44. The second kappa shape index (κ2) is 6.95. The van der Waals surface area contributed by atoms with E-state index >= 15 is 0 Å². The molecule has 1 unspecified atom stereocenters. The molecule has 0 radical (unpaired) electrons. The highest BCUT2D eigenvalue weighted by atomic mass is 32.2. The molecule has 0 aromatic carbocycles. The van der Waals surface area contributed by atoms with E-state index < -0.39 is 16.0 Å². The van der Waals surface area contributed by atoms with Gasteiger partial charge in [0.2, 0.25) is 15.9 Å². The van der Waals surface area contributed by atoms with Crippen LogP contribution in [0.2, 0.25) is 0 Å². The van der Waals surface area contributed by atoms with Crippen molar-refractivity contribution in [1.82, 2.24) is 9.21 Å². The first-order chi connectivity index (χ1) is 10.3. The fourth-order valence-electron chi connectivity index (χ4n) is 3.45. The van der Waals surface area contributed by atoms with Gasteiger partial charge >= 0.3 is 5.97 Å². The van der Waals surface area contributed by atoms with Crippen molar-refractivity contribution in [3.63, 3.8) is 0 Å². The molecule has 22 heavy (non-hydrogen) atoms. The number of amides is 1. The highest BCUT2D eigenvalue weighted by Gasteiger charge is 2.35. The maximum Gasteiger partial charge on any atom is 0.303 e. The third-order valence-corrected chi connectivity index (χ3v) is 6.07. The number of hydrogen-bond donors (Lipinski definition) is 1. The van der Waals surface area contributed by atoms with Crippen LogP contribution in [0.3, 0.4) is 0 Å². The van der Waals surface area contributed by atoms with Gasteiger partial charge in [0.25, 0.3) is 0 Å². The number of likely N-dealkylation sites (tertiary alicyclic amines) is 1. The molecular weight excluding hydrogens is 308 g/mol. The second-order valence-electron chi connectivity index (χ2n) is 6.28. The monoisotopic (exact) mass is 332 g/mol. The summed E-state index contributed by atoms with van der Waals surface area (Å²) in [4.78, 5) is 24.2. The third-order valence-electron chi connectivity index (χ3n) is 4.76. The average molecular weight is 332 g/mol. The molecule has 7 nitrogen and oxygen atoms in total. The summed E-state index contributed by atoms with van der Waals surface area (Å²) in [5.41, 5.74) is 0. The third kappa shape index (κ3) is 4.42. The minimum absolute atomic E-state index is 0.0641. The Balaban J connectivity index is 1.79. The van der Waals surface area contributed by atoms with Crippen LogP contribution in [-0.2, 0) is 19.6 Å². The molecule has 126 valence electrons. The van der Waals surface area contributed by atoms with Crippen LogP contribution in [0.15, 0.2) is 0 Å². The van der Waals surface area contributed by atoms with Gasteiger partial charge in [0.05, 0.1) is 12.7 Å². The van der Waals surface area contributed by atoms with Crippen LogP contribution in [0.25, 0.3) is 0 Å². The lowest BCUT2D eigenvalue weighted by molar-refractivity contribution is -0.140.